The Labute approximate surface area is 162 Å². The quantitative estimate of drug-likeness (QED) is 0.705. The third-order valence-corrected chi connectivity index (χ3v) is 9.97. The highest BCUT2D eigenvalue weighted by Gasteiger charge is 2.81. The van der Waals surface area contributed by atoms with Crippen molar-refractivity contribution in [3.8, 4) is 0 Å². The Morgan fingerprint density at radius 1 is 1.04 bits per heavy atom. The Morgan fingerprint density at radius 2 is 1.67 bits per heavy atom. The molecule has 4 rings (SSSR count). The predicted octanol–water partition coefficient (Wildman–Crippen LogP) is 4.65. The van der Waals surface area contributed by atoms with Gasteiger partial charge in [0.25, 0.3) is 10.1 Å². The first-order chi connectivity index (χ1) is 12.4. The van der Waals surface area contributed by atoms with E-state index >= 15 is 0 Å². The molecule has 0 N–H and O–H groups in total. The van der Waals surface area contributed by atoms with Crippen LogP contribution in [-0.2, 0) is 19.1 Å². The van der Waals surface area contributed by atoms with Crippen molar-refractivity contribution in [2.75, 3.05) is 0 Å². The lowest BCUT2D eigenvalue weighted by molar-refractivity contribution is -0.232. The molecule has 148 valence electrons. The number of rotatable bonds is 3. The zero-order chi connectivity index (χ0) is 19.9. The average molecular weight is 391 g/mol. The molecule has 0 aromatic heterocycles. The molecule has 27 heavy (non-hydrogen) atoms. The van der Waals surface area contributed by atoms with Crippen molar-refractivity contribution in [1.82, 2.24) is 0 Å². The first kappa shape index (κ1) is 19.1. The number of hydrogen-bond donors (Lipinski definition) is 0. The van der Waals surface area contributed by atoms with Gasteiger partial charge in [0, 0.05) is 17.3 Å². The summed E-state index contributed by atoms with van der Waals surface area (Å²) in [6.07, 6.45) is 3.07. The predicted molar refractivity (Wildman–Crippen MR) is 104 cm³/mol. The van der Waals surface area contributed by atoms with Crippen LogP contribution < -0.4 is 0 Å². The SMILES string of the molecule is Cc1ccc(S(=O)(=O)O[C@@H]2CCC(=O)[C@@]34CC(C)(C)[C@]3(C)CC[C@@]24C)cc1. The zero-order valence-corrected chi connectivity index (χ0v) is 17.8. The molecule has 0 saturated heterocycles. The van der Waals surface area contributed by atoms with Crippen LogP contribution in [0.15, 0.2) is 29.2 Å². The van der Waals surface area contributed by atoms with Gasteiger partial charge in [0.05, 0.1) is 11.0 Å². The van der Waals surface area contributed by atoms with Gasteiger partial charge in [-0.3, -0.25) is 8.98 Å². The zero-order valence-electron chi connectivity index (χ0n) is 17.0. The molecule has 0 heterocycles. The summed E-state index contributed by atoms with van der Waals surface area (Å²) in [5.41, 5.74) is 0.144. The van der Waals surface area contributed by atoms with E-state index < -0.39 is 27.1 Å². The summed E-state index contributed by atoms with van der Waals surface area (Å²) in [6, 6.07) is 6.76. The van der Waals surface area contributed by atoms with Gasteiger partial charge in [0.1, 0.15) is 5.78 Å². The minimum atomic E-state index is -3.85. The van der Waals surface area contributed by atoms with Gasteiger partial charge < -0.3 is 0 Å². The minimum Gasteiger partial charge on any atom is -0.299 e. The molecule has 0 aliphatic heterocycles. The van der Waals surface area contributed by atoms with Gasteiger partial charge in [-0.2, -0.15) is 8.42 Å². The third kappa shape index (κ3) is 2.19. The standard InChI is InChI=1S/C22H30O4S/c1-15-6-8-16(9-7-15)27(24,25)26-18-11-10-17(23)22-14-19(2,3)21(22,5)13-12-20(18,22)4/h6-9,18H,10-14H2,1-5H3/t18-,20+,21+,22-/m1/s1. The molecule has 1 aromatic rings. The fourth-order valence-electron chi connectivity index (χ4n) is 6.65. The van der Waals surface area contributed by atoms with Crippen LogP contribution in [0, 0.1) is 28.6 Å². The van der Waals surface area contributed by atoms with Crippen molar-refractivity contribution in [2.24, 2.45) is 21.7 Å². The van der Waals surface area contributed by atoms with E-state index in [1.807, 2.05) is 6.92 Å². The lowest BCUT2D eigenvalue weighted by atomic mass is 9.32. The molecule has 4 nitrogen and oxygen atoms in total. The topological polar surface area (TPSA) is 60.4 Å². The minimum absolute atomic E-state index is 0.0819. The summed E-state index contributed by atoms with van der Waals surface area (Å²) in [4.78, 5) is 13.4. The van der Waals surface area contributed by atoms with Gasteiger partial charge in [-0.15, -0.1) is 0 Å². The second kappa shape index (κ2) is 5.44. The van der Waals surface area contributed by atoms with Crippen molar-refractivity contribution < 1.29 is 17.4 Å². The molecule has 5 heteroatoms. The Balaban J connectivity index is 1.70. The van der Waals surface area contributed by atoms with Gasteiger partial charge in [-0.25, -0.2) is 0 Å². The Hall–Kier alpha value is -1.20. The van der Waals surface area contributed by atoms with Crippen LogP contribution in [0.25, 0.3) is 0 Å². The highest BCUT2D eigenvalue weighted by atomic mass is 32.2. The van der Waals surface area contributed by atoms with E-state index in [0.29, 0.717) is 18.6 Å². The van der Waals surface area contributed by atoms with E-state index in [1.54, 1.807) is 24.3 Å². The Bertz CT molecular complexity index is 901. The van der Waals surface area contributed by atoms with E-state index in [2.05, 4.69) is 27.7 Å². The summed E-state index contributed by atoms with van der Waals surface area (Å²) in [7, 11) is -3.85. The molecular weight excluding hydrogens is 360 g/mol. The fourth-order valence-corrected chi connectivity index (χ4v) is 7.85. The molecule has 3 aliphatic carbocycles. The lowest BCUT2D eigenvalue weighted by Crippen LogP contribution is -2.70. The molecule has 4 atom stereocenters. The third-order valence-electron chi connectivity index (χ3n) is 8.63. The summed E-state index contributed by atoms with van der Waals surface area (Å²) in [6.45, 7) is 10.7. The molecule has 3 fully saturated rings. The first-order valence-electron chi connectivity index (χ1n) is 9.93. The normalized spacial score (nSPS) is 40.2. The summed E-state index contributed by atoms with van der Waals surface area (Å²) in [5, 5.41) is 0. The molecule has 3 saturated carbocycles. The molecule has 1 spiro atoms. The highest BCUT2D eigenvalue weighted by Crippen LogP contribution is 2.83. The van der Waals surface area contributed by atoms with Crippen molar-refractivity contribution in [3.63, 3.8) is 0 Å². The molecule has 0 amide bonds. The summed E-state index contributed by atoms with van der Waals surface area (Å²) in [5.74, 6) is 0.317. The van der Waals surface area contributed by atoms with Gasteiger partial charge in [-0.05, 0) is 55.6 Å². The molecule has 3 aliphatic rings. The van der Waals surface area contributed by atoms with E-state index in [-0.39, 0.29) is 15.7 Å². The van der Waals surface area contributed by atoms with Crippen molar-refractivity contribution in [2.45, 2.75) is 77.7 Å². The summed E-state index contributed by atoms with van der Waals surface area (Å²) >= 11 is 0. The van der Waals surface area contributed by atoms with Gasteiger partial charge in [0.2, 0.25) is 0 Å². The number of Topliss-reactive ketones (excluding diaryl/α,β-unsaturated/α-hetero) is 1. The van der Waals surface area contributed by atoms with E-state index in [9.17, 15) is 13.2 Å². The van der Waals surface area contributed by atoms with Crippen LogP contribution in [0.2, 0.25) is 0 Å². The second-order valence-electron chi connectivity index (χ2n) is 10.0. The number of carbonyl (C=O) groups excluding carboxylic acids is 1. The van der Waals surface area contributed by atoms with Crippen LogP contribution >= 0.6 is 0 Å². The molecule has 1 aromatic carbocycles. The van der Waals surface area contributed by atoms with Gasteiger partial charge >= 0.3 is 0 Å². The molecule has 0 bridgehead atoms. The van der Waals surface area contributed by atoms with Crippen LogP contribution in [0.4, 0.5) is 0 Å². The average Bonchev–Trinajstić information content (AvgIpc) is 2.79. The molecule has 0 radical (unpaired) electrons. The number of carbonyl (C=O) groups is 1. The summed E-state index contributed by atoms with van der Waals surface area (Å²) < 4.78 is 31.7. The number of aryl methyl sites for hydroxylation is 1. The highest BCUT2D eigenvalue weighted by molar-refractivity contribution is 7.86. The van der Waals surface area contributed by atoms with Crippen LogP contribution in [0.3, 0.4) is 0 Å². The van der Waals surface area contributed by atoms with Crippen LogP contribution in [0.5, 0.6) is 0 Å². The maximum Gasteiger partial charge on any atom is 0.297 e. The lowest BCUT2D eigenvalue weighted by Gasteiger charge is -2.70. The fraction of sp³-hybridized carbons (Fsp3) is 0.682. The van der Waals surface area contributed by atoms with Crippen molar-refractivity contribution in [1.29, 1.82) is 0 Å². The van der Waals surface area contributed by atoms with Crippen molar-refractivity contribution in [3.05, 3.63) is 29.8 Å². The monoisotopic (exact) mass is 390 g/mol. The van der Waals surface area contributed by atoms with Crippen LogP contribution in [-0.4, -0.2) is 20.3 Å². The number of ketones is 1. The number of benzene rings is 1. The van der Waals surface area contributed by atoms with Crippen LogP contribution in [0.1, 0.15) is 65.4 Å². The van der Waals surface area contributed by atoms with E-state index in [4.69, 9.17) is 4.18 Å². The van der Waals surface area contributed by atoms with Gasteiger partial charge in [-0.1, -0.05) is 45.4 Å². The van der Waals surface area contributed by atoms with Crippen molar-refractivity contribution >= 4 is 15.9 Å². The maximum absolute atomic E-state index is 13.2. The largest absolute Gasteiger partial charge is 0.299 e. The second-order valence-corrected chi connectivity index (χ2v) is 11.6. The van der Waals surface area contributed by atoms with Gasteiger partial charge in [0.15, 0.2) is 0 Å². The number of hydrogen-bond acceptors (Lipinski definition) is 4. The smallest absolute Gasteiger partial charge is 0.297 e. The first-order valence-corrected chi connectivity index (χ1v) is 11.3. The molecule has 0 unspecified atom stereocenters. The van der Waals surface area contributed by atoms with E-state index in [1.165, 1.54) is 0 Å². The Kier molecular flexibility index (Phi) is 3.86. The maximum atomic E-state index is 13.2. The van der Waals surface area contributed by atoms with E-state index in [0.717, 1.165) is 24.8 Å². The Morgan fingerprint density at radius 3 is 2.26 bits per heavy atom. The molecular formula is C22H30O4S.